The smallest absolute Gasteiger partial charge is 0.310 e. The third kappa shape index (κ3) is 4.36. The van der Waals surface area contributed by atoms with Crippen LogP contribution in [-0.2, 0) is 11.3 Å². The molecule has 0 saturated heterocycles. The number of rotatable bonds is 7. The van der Waals surface area contributed by atoms with E-state index in [9.17, 15) is 14.9 Å². The van der Waals surface area contributed by atoms with E-state index in [2.05, 4.69) is 0 Å². The summed E-state index contributed by atoms with van der Waals surface area (Å²) >= 11 is 1.53. The molecule has 2 aromatic carbocycles. The van der Waals surface area contributed by atoms with Crippen LogP contribution < -0.4 is 19.1 Å². The minimum Gasteiger partial charge on any atom is -0.486 e. The molecule has 1 aromatic heterocycles. The number of nitrogens with zero attached hydrogens (tertiary/aromatic N) is 2. The maximum absolute atomic E-state index is 13.1. The van der Waals surface area contributed by atoms with Gasteiger partial charge < -0.3 is 19.1 Å². The summed E-state index contributed by atoms with van der Waals surface area (Å²) in [6.07, 6.45) is 0. The summed E-state index contributed by atoms with van der Waals surface area (Å²) in [5, 5.41) is 13.1. The summed E-state index contributed by atoms with van der Waals surface area (Å²) in [5.74, 6) is 0.916. The number of hydrogen-bond donors (Lipinski definition) is 0. The Morgan fingerprint density at radius 3 is 2.67 bits per heavy atom. The van der Waals surface area contributed by atoms with Gasteiger partial charge in [-0.1, -0.05) is 18.2 Å². The topological polar surface area (TPSA) is 91.1 Å². The van der Waals surface area contributed by atoms with Gasteiger partial charge in [0.05, 0.1) is 11.5 Å². The Hall–Kier alpha value is -3.59. The largest absolute Gasteiger partial charge is 0.486 e. The molecule has 9 heteroatoms. The van der Waals surface area contributed by atoms with Crippen molar-refractivity contribution in [2.45, 2.75) is 6.54 Å². The van der Waals surface area contributed by atoms with Gasteiger partial charge in [0.1, 0.15) is 13.2 Å². The number of carbonyl (C=O) groups is 1. The second-order valence-electron chi connectivity index (χ2n) is 6.40. The highest BCUT2D eigenvalue weighted by Gasteiger charge is 2.22. The molecule has 1 amide bonds. The predicted molar refractivity (Wildman–Crippen MR) is 112 cm³/mol. The van der Waals surface area contributed by atoms with Crippen LogP contribution in [0.25, 0.3) is 0 Å². The van der Waals surface area contributed by atoms with Crippen LogP contribution in [0.5, 0.6) is 17.2 Å². The molecule has 3 aromatic rings. The molecule has 1 aliphatic rings. The monoisotopic (exact) mass is 426 g/mol. The number of amides is 1. The first kappa shape index (κ1) is 19.7. The molecule has 0 unspecified atom stereocenters. The molecule has 0 saturated carbocycles. The van der Waals surface area contributed by atoms with Gasteiger partial charge in [-0.25, -0.2) is 0 Å². The van der Waals surface area contributed by atoms with Crippen LogP contribution in [0.3, 0.4) is 0 Å². The molecule has 154 valence electrons. The van der Waals surface area contributed by atoms with Gasteiger partial charge in [-0.3, -0.25) is 14.9 Å². The average molecular weight is 426 g/mol. The van der Waals surface area contributed by atoms with Gasteiger partial charge in [-0.15, -0.1) is 11.3 Å². The molecule has 0 atom stereocenters. The van der Waals surface area contributed by atoms with E-state index < -0.39 is 4.92 Å². The highest BCUT2D eigenvalue weighted by atomic mass is 32.1. The van der Waals surface area contributed by atoms with Gasteiger partial charge in [-0.2, -0.15) is 0 Å². The summed E-state index contributed by atoms with van der Waals surface area (Å²) in [6, 6.07) is 15.1. The lowest BCUT2D eigenvalue weighted by atomic mass is 10.2. The van der Waals surface area contributed by atoms with Crippen LogP contribution in [0.15, 0.2) is 60.0 Å². The highest BCUT2D eigenvalue weighted by Crippen LogP contribution is 2.35. The van der Waals surface area contributed by atoms with Crippen LogP contribution in [-0.4, -0.2) is 30.7 Å². The fourth-order valence-corrected chi connectivity index (χ4v) is 3.72. The normalized spacial score (nSPS) is 12.3. The molecule has 30 heavy (non-hydrogen) atoms. The number of ether oxygens (including phenoxy) is 3. The number of anilines is 1. The Kier molecular flexibility index (Phi) is 5.80. The second-order valence-corrected chi connectivity index (χ2v) is 7.43. The number of para-hydroxylation sites is 2. The number of nitro groups is 1. The van der Waals surface area contributed by atoms with E-state index in [1.54, 1.807) is 35.2 Å². The minimum atomic E-state index is -0.538. The third-order valence-corrected chi connectivity index (χ3v) is 5.31. The van der Waals surface area contributed by atoms with E-state index in [-0.39, 0.29) is 24.0 Å². The van der Waals surface area contributed by atoms with Crippen molar-refractivity contribution in [3.8, 4) is 17.2 Å². The maximum atomic E-state index is 13.1. The van der Waals surface area contributed by atoms with E-state index in [1.807, 2.05) is 17.5 Å². The third-order valence-electron chi connectivity index (χ3n) is 4.45. The molecule has 0 radical (unpaired) electrons. The molecule has 4 rings (SSSR count). The van der Waals surface area contributed by atoms with Gasteiger partial charge in [-0.05, 0) is 29.6 Å². The number of thiophene rings is 1. The number of hydrogen-bond acceptors (Lipinski definition) is 7. The van der Waals surface area contributed by atoms with Crippen molar-refractivity contribution in [1.82, 2.24) is 0 Å². The maximum Gasteiger partial charge on any atom is 0.310 e. The molecule has 0 aliphatic carbocycles. The lowest BCUT2D eigenvalue weighted by Crippen LogP contribution is -2.34. The molecule has 0 spiro atoms. The van der Waals surface area contributed by atoms with E-state index >= 15 is 0 Å². The van der Waals surface area contributed by atoms with Crippen molar-refractivity contribution in [2.75, 3.05) is 24.7 Å². The first-order chi connectivity index (χ1) is 14.6. The summed E-state index contributed by atoms with van der Waals surface area (Å²) in [5.41, 5.74) is 0.443. The average Bonchev–Trinajstić information content (AvgIpc) is 3.29. The summed E-state index contributed by atoms with van der Waals surface area (Å²) in [7, 11) is 0. The first-order valence-electron chi connectivity index (χ1n) is 9.20. The molecule has 2 heterocycles. The van der Waals surface area contributed by atoms with Crippen molar-refractivity contribution in [3.63, 3.8) is 0 Å². The lowest BCUT2D eigenvalue weighted by Gasteiger charge is -2.25. The Morgan fingerprint density at radius 1 is 1.10 bits per heavy atom. The van der Waals surface area contributed by atoms with E-state index in [0.29, 0.717) is 36.9 Å². The molecule has 1 aliphatic heterocycles. The number of benzene rings is 2. The van der Waals surface area contributed by atoms with Gasteiger partial charge in [0.25, 0.3) is 5.91 Å². The minimum absolute atomic E-state index is 0.0501. The standard InChI is InChI=1S/C21H18N2O6S/c24-21(14-29-18-6-2-1-5-17(18)23(25)26)22(13-16-4-3-11-30-16)15-7-8-19-20(12-15)28-10-9-27-19/h1-8,11-12H,9-10,13-14H2. The van der Waals surface area contributed by atoms with Gasteiger partial charge in [0, 0.05) is 22.7 Å². The zero-order valence-electron chi connectivity index (χ0n) is 15.9. The van der Waals surface area contributed by atoms with Crippen LogP contribution in [0.2, 0.25) is 0 Å². The molecule has 8 nitrogen and oxygen atoms in total. The number of fused-ring (bicyclic) bond motifs is 1. The molecule has 0 bridgehead atoms. The molecule has 0 fully saturated rings. The second kappa shape index (κ2) is 8.83. The van der Waals surface area contributed by atoms with Gasteiger partial charge in [0.2, 0.25) is 0 Å². The van der Waals surface area contributed by atoms with E-state index in [1.165, 1.54) is 23.5 Å². The Bertz CT molecular complexity index is 1050. The number of carbonyl (C=O) groups excluding carboxylic acids is 1. The molecular weight excluding hydrogens is 408 g/mol. The Labute approximate surface area is 176 Å². The van der Waals surface area contributed by atoms with Gasteiger partial charge >= 0.3 is 5.69 Å². The quantitative estimate of drug-likeness (QED) is 0.418. The molecular formula is C21H18N2O6S. The van der Waals surface area contributed by atoms with Crippen molar-refractivity contribution in [1.29, 1.82) is 0 Å². The summed E-state index contributed by atoms with van der Waals surface area (Å²) in [4.78, 5) is 26.3. The zero-order valence-corrected chi connectivity index (χ0v) is 16.7. The summed E-state index contributed by atoms with van der Waals surface area (Å²) < 4.78 is 16.7. The molecule has 0 N–H and O–H groups in total. The van der Waals surface area contributed by atoms with Crippen LogP contribution in [0.1, 0.15) is 4.88 Å². The predicted octanol–water partition coefficient (Wildman–Crippen LogP) is 4.04. The van der Waals surface area contributed by atoms with Gasteiger partial charge in [0.15, 0.2) is 23.9 Å². The van der Waals surface area contributed by atoms with Crippen molar-refractivity contribution < 1.29 is 23.9 Å². The van der Waals surface area contributed by atoms with Crippen molar-refractivity contribution in [2.24, 2.45) is 0 Å². The fraction of sp³-hybridized carbons (Fsp3) is 0.190. The number of nitro benzene ring substituents is 1. The van der Waals surface area contributed by atoms with Crippen molar-refractivity contribution >= 4 is 28.6 Å². The highest BCUT2D eigenvalue weighted by molar-refractivity contribution is 7.09. The summed E-state index contributed by atoms with van der Waals surface area (Å²) in [6.45, 7) is 0.922. The first-order valence-corrected chi connectivity index (χ1v) is 10.1. The van der Waals surface area contributed by atoms with Crippen LogP contribution in [0, 0.1) is 10.1 Å². The lowest BCUT2D eigenvalue weighted by molar-refractivity contribution is -0.385. The van der Waals surface area contributed by atoms with E-state index in [0.717, 1.165) is 4.88 Å². The zero-order chi connectivity index (χ0) is 20.9. The van der Waals surface area contributed by atoms with Crippen LogP contribution in [0.4, 0.5) is 11.4 Å². The SMILES string of the molecule is O=C(COc1ccccc1[N+](=O)[O-])N(Cc1cccs1)c1ccc2c(c1)OCCO2. The fourth-order valence-electron chi connectivity index (χ4n) is 3.03. The Balaban J connectivity index is 1.57. The van der Waals surface area contributed by atoms with Crippen LogP contribution >= 0.6 is 11.3 Å². The van der Waals surface area contributed by atoms with Crippen molar-refractivity contribution in [3.05, 3.63) is 75.0 Å². The Morgan fingerprint density at radius 2 is 1.90 bits per heavy atom. The van der Waals surface area contributed by atoms with E-state index in [4.69, 9.17) is 14.2 Å².